The lowest BCUT2D eigenvalue weighted by Crippen LogP contribution is -2.41. The van der Waals surface area contributed by atoms with E-state index in [0.29, 0.717) is 17.7 Å². The van der Waals surface area contributed by atoms with E-state index in [1.165, 1.54) is 25.7 Å². The third-order valence-corrected chi connectivity index (χ3v) is 4.34. The average molecular weight is 352 g/mol. The average Bonchev–Trinajstić information content (AvgIpc) is 2.57. The maximum Gasteiger partial charge on any atom is 0.326 e. The summed E-state index contributed by atoms with van der Waals surface area (Å²) in [5.74, 6) is -0.923. The van der Waals surface area contributed by atoms with E-state index in [1.54, 1.807) is 6.07 Å². The van der Waals surface area contributed by atoms with Crippen LogP contribution in [0.25, 0.3) is 0 Å². The van der Waals surface area contributed by atoms with Crippen molar-refractivity contribution in [3.8, 4) is 0 Å². The molecule has 0 unspecified atom stereocenters. The molecule has 5 heteroatoms. The summed E-state index contributed by atoms with van der Waals surface area (Å²) in [6.07, 6.45) is 8.37. The molecule has 0 fully saturated rings. The van der Waals surface area contributed by atoms with Gasteiger partial charge in [0.1, 0.15) is 6.04 Å². The van der Waals surface area contributed by atoms with Crippen LogP contribution in [0.15, 0.2) is 24.3 Å². The van der Waals surface area contributed by atoms with Crippen molar-refractivity contribution in [3.05, 3.63) is 35.4 Å². The summed E-state index contributed by atoms with van der Waals surface area (Å²) in [5, 5.41) is 11.8. The summed E-state index contributed by atoms with van der Waals surface area (Å²) < 4.78 is 0. The Morgan fingerprint density at radius 2 is 1.79 bits per heavy atom. The molecule has 1 aromatic carbocycles. The van der Waals surface area contributed by atoms with E-state index in [9.17, 15) is 9.59 Å². The minimum absolute atomic E-state index is 0.309. The maximum atomic E-state index is 12.4. The van der Waals surface area contributed by atoms with Crippen LogP contribution in [-0.2, 0) is 11.2 Å². The fourth-order valence-electron chi connectivity index (χ4n) is 2.68. The van der Waals surface area contributed by atoms with Crippen LogP contribution in [0.3, 0.4) is 0 Å². The third kappa shape index (κ3) is 7.39. The van der Waals surface area contributed by atoms with E-state index in [-0.39, 0.29) is 5.91 Å². The van der Waals surface area contributed by atoms with Gasteiger partial charge in [0.05, 0.1) is 0 Å². The van der Waals surface area contributed by atoms with Crippen molar-refractivity contribution in [3.63, 3.8) is 0 Å². The molecule has 4 nitrogen and oxygen atoms in total. The highest BCUT2D eigenvalue weighted by atomic mass is 32.1. The molecule has 0 radical (unpaired) electrons. The van der Waals surface area contributed by atoms with Crippen molar-refractivity contribution in [2.75, 3.05) is 5.75 Å². The van der Waals surface area contributed by atoms with Crippen LogP contribution >= 0.6 is 12.6 Å². The Bertz CT molecular complexity index is 519. The molecule has 0 aliphatic carbocycles. The summed E-state index contributed by atoms with van der Waals surface area (Å²) in [4.78, 5) is 23.6. The van der Waals surface area contributed by atoms with E-state index in [4.69, 9.17) is 5.11 Å². The molecule has 1 amide bonds. The van der Waals surface area contributed by atoms with Gasteiger partial charge in [-0.25, -0.2) is 4.79 Å². The first-order valence-corrected chi connectivity index (χ1v) is 9.45. The Morgan fingerprint density at radius 1 is 1.12 bits per heavy atom. The Morgan fingerprint density at radius 3 is 2.46 bits per heavy atom. The van der Waals surface area contributed by atoms with Crippen molar-refractivity contribution in [1.29, 1.82) is 0 Å². The minimum Gasteiger partial charge on any atom is -0.480 e. The number of amides is 1. The lowest BCUT2D eigenvalue weighted by Gasteiger charge is -2.15. The number of nitrogens with one attached hydrogen (secondary N) is 1. The molecule has 0 saturated carbocycles. The number of carbonyl (C=O) groups is 2. The van der Waals surface area contributed by atoms with Crippen molar-refractivity contribution in [2.24, 2.45) is 0 Å². The molecule has 0 spiro atoms. The number of rotatable bonds is 12. The summed E-state index contributed by atoms with van der Waals surface area (Å²) in [6, 6.07) is 6.56. The summed E-state index contributed by atoms with van der Waals surface area (Å²) in [5.41, 5.74) is 1.57. The van der Waals surface area contributed by atoms with Crippen molar-refractivity contribution in [2.45, 2.75) is 64.3 Å². The van der Waals surface area contributed by atoms with Crippen molar-refractivity contribution in [1.82, 2.24) is 5.32 Å². The predicted octanol–water partition coefficient (Wildman–Crippen LogP) is 4.09. The molecule has 0 bridgehead atoms. The molecule has 1 rings (SSSR count). The molecular formula is C19H29NO3S. The van der Waals surface area contributed by atoms with Crippen LogP contribution in [0.5, 0.6) is 0 Å². The van der Waals surface area contributed by atoms with Crippen molar-refractivity contribution < 1.29 is 14.7 Å². The number of unbranched alkanes of at least 4 members (excludes halogenated alkanes) is 5. The van der Waals surface area contributed by atoms with Gasteiger partial charge >= 0.3 is 5.97 Å². The Kier molecular flexibility index (Phi) is 10.2. The van der Waals surface area contributed by atoms with E-state index >= 15 is 0 Å². The lowest BCUT2D eigenvalue weighted by molar-refractivity contribution is -0.139. The second-order valence-electron chi connectivity index (χ2n) is 6.05. The fraction of sp³-hybridized carbons (Fsp3) is 0.579. The topological polar surface area (TPSA) is 66.4 Å². The Labute approximate surface area is 150 Å². The normalized spacial score (nSPS) is 11.9. The molecule has 1 atom stereocenters. The molecule has 134 valence electrons. The zero-order valence-electron chi connectivity index (χ0n) is 14.5. The third-order valence-electron chi connectivity index (χ3n) is 4.08. The van der Waals surface area contributed by atoms with Crippen LogP contribution in [0.1, 0.15) is 67.8 Å². The van der Waals surface area contributed by atoms with E-state index in [2.05, 4.69) is 24.9 Å². The summed E-state index contributed by atoms with van der Waals surface area (Å²) >= 11 is 4.05. The number of aryl methyl sites for hydroxylation is 1. The zero-order valence-corrected chi connectivity index (χ0v) is 15.4. The van der Waals surface area contributed by atoms with Crippen LogP contribution in [-0.4, -0.2) is 28.8 Å². The van der Waals surface area contributed by atoms with E-state index in [1.807, 2.05) is 18.2 Å². The van der Waals surface area contributed by atoms with Gasteiger partial charge in [-0.3, -0.25) is 4.79 Å². The van der Waals surface area contributed by atoms with Gasteiger partial charge in [-0.2, -0.15) is 12.6 Å². The fourth-order valence-corrected chi connectivity index (χ4v) is 2.94. The minimum atomic E-state index is -1.02. The smallest absolute Gasteiger partial charge is 0.326 e. The first kappa shape index (κ1) is 20.6. The number of carboxylic acids is 1. The Balaban J connectivity index is 2.61. The molecule has 0 aliphatic rings. The van der Waals surface area contributed by atoms with Crippen LogP contribution < -0.4 is 5.32 Å². The number of carboxylic acid groups (broad SMARTS) is 1. The van der Waals surface area contributed by atoms with Gasteiger partial charge in [0.15, 0.2) is 0 Å². The quantitative estimate of drug-likeness (QED) is 0.392. The summed E-state index contributed by atoms with van der Waals surface area (Å²) in [6.45, 7) is 2.20. The van der Waals surface area contributed by atoms with Crippen LogP contribution in [0.2, 0.25) is 0 Å². The monoisotopic (exact) mass is 351 g/mol. The van der Waals surface area contributed by atoms with Crippen LogP contribution in [0, 0.1) is 0 Å². The molecule has 0 aromatic heterocycles. The largest absolute Gasteiger partial charge is 0.480 e. The van der Waals surface area contributed by atoms with Gasteiger partial charge in [-0.15, -0.1) is 0 Å². The number of hydrogen-bond donors (Lipinski definition) is 3. The number of benzene rings is 1. The SMILES string of the molecule is CCCCCCCCc1ccccc1C(=O)N[C@@H](CCS)C(=O)O. The molecule has 0 saturated heterocycles. The second kappa shape index (κ2) is 12.0. The molecule has 2 N–H and O–H groups in total. The van der Waals surface area contributed by atoms with Gasteiger partial charge in [-0.1, -0.05) is 57.2 Å². The van der Waals surface area contributed by atoms with Gasteiger partial charge < -0.3 is 10.4 Å². The molecule has 0 heterocycles. The number of aliphatic carboxylic acids is 1. The lowest BCUT2D eigenvalue weighted by atomic mass is 9.99. The molecule has 1 aromatic rings. The zero-order chi connectivity index (χ0) is 17.8. The van der Waals surface area contributed by atoms with Crippen molar-refractivity contribution >= 4 is 24.5 Å². The van der Waals surface area contributed by atoms with Crippen LogP contribution in [0.4, 0.5) is 0 Å². The highest BCUT2D eigenvalue weighted by Crippen LogP contribution is 2.15. The number of thiol groups is 1. The summed E-state index contributed by atoms with van der Waals surface area (Å²) in [7, 11) is 0. The number of carbonyl (C=O) groups excluding carboxylic acids is 1. The van der Waals surface area contributed by atoms with E-state index < -0.39 is 12.0 Å². The van der Waals surface area contributed by atoms with E-state index in [0.717, 1.165) is 24.8 Å². The highest BCUT2D eigenvalue weighted by molar-refractivity contribution is 7.80. The standard InChI is InChI=1S/C19H29NO3S/c1-2-3-4-5-6-7-10-15-11-8-9-12-16(15)18(21)20-17(13-14-24)19(22)23/h8-9,11-12,17,24H,2-7,10,13-14H2,1H3,(H,20,21)(H,22,23)/t17-/m0/s1. The molecular weight excluding hydrogens is 322 g/mol. The first-order chi connectivity index (χ1) is 11.6. The van der Waals surface area contributed by atoms with Gasteiger partial charge in [0.2, 0.25) is 0 Å². The predicted molar refractivity (Wildman–Crippen MR) is 101 cm³/mol. The molecule has 24 heavy (non-hydrogen) atoms. The molecule has 0 aliphatic heterocycles. The second-order valence-corrected chi connectivity index (χ2v) is 6.50. The number of hydrogen-bond acceptors (Lipinski definition) is 3. The van der Waals surface area contributed by atoms with Gasteiger partial charge in [-0.05, 0) is 36.6 Å². The first-order valence-electron chi connectivity index (χ1n) is 8.82. The van der Waals surface area contributed by atoms with Gasteiger partial charge in [0.25, 0.3) is 5.91 Å². The maximum absolute atomic E-state index is 12.4. The highest BCUT2D eigenvalue weighted by Gasteiger charge is 2.20. The Hall–Kier alpha value is -1.49. The van der Waals surface area contributed by atoms with Gasteiger partial charge in [0, 0.05) is 5.56 Å².